The highest BCUT2D eigenvalue weighted by Gasteiger charge is 2.26. The Hall–Kier alpha value is -1.45. The fourth-order valence-corrected chi connectivity index (χ4v) is 3.84. The van der Waals surface area contributed by atoms with Gasteiger partial charge in [-0.15, -0.1) is 16.4 Å². The minimum Gasteiger partial charge on any atom is -0.245 e. The molecular weight excluding hydrogens is 288 g/mol. The maximum Gasteiger partial charge on any atom is 0.137 e. The Bertz CT molecular complexity index is 683. The second-order valence-corrected chi connectivity index (χ2v) is 6.80. The first kappa shape index (κ1) is 13.5. The Balaban J connectivity index is 1.74. The SMILES string of the molecule is Cc1nnc(SCc2csc(C3CC3)n2)c(C#N)c1C. The lowest BCUT2D eigenvalue weighted by Gasteiger charge is -2.05. The first-order valence-corrected chi connectivity index (χ1v) is 8.36. The fourth-order valence-electron chi connectivity index (χ4n) is 1.87. The molecule has 0 unspecified atom stereocenters. The predicted octanol–water partition coefficient (Wildman–Crippen LogP) is 3.59. The summed E-state index contributed by atoms with van der Waals surface area (Å²) < 4.78 is 0. The average Bonchev–Trinajstić information content (AvgIpc) is 3.19. The van der Waals surface area contributed by atoms with Gasteiger partial charge < -0.3 is 0 Å². The number of aromatic nitrogens is 3. The Labute approximate surface area is 126 Å². The summed E-state index contributed by atoms with van der Waals surface area (Å²) in [7, 11) is 0. The van der Waals surface area contributed by atoms with Crippen LogP contribution in [0, 0.1) is 25.2 Å². The summed E-state index contributed by atoms with van der Waals surface area (Å²) in [6.07, 6.45) is 2.56. The van der Waals surface area contributed by atoms with Gasteiger partial charge in [-0.1, -0.05) is 11.8 Å². The molecule has 1 fully saturated rings. The van der Waals surface area contributed by atoms with Gasteiger partial charge in [0.15, 0.2) is 0 Å². The van der Waals surface area contributed by atoms with E-state index in [1.54, 1.807) is 23.1 Å². The van der Waals surface area contributed by atoms with Gasteiger partial charge in [-0.05, 0) is 32.3 Å². The minimum atomic E-state index is 0.639. The first-order chi connectivity index (χ1) is 9.69. The van der Waals surface area contributed by atoms with E-state index < -0.39 is 0 Å². The highest BCUT2D eigenvalue weighted by molar-refractivity contribution is 7.98. The molecule has 6 heteroatoms. The topological polar surface area (TPSA) is 62.5 Å². The first-order valence-electron chi connectivity index (χ1n) is 6.50. The lowest BCUT2D eigenvalue weighted by Crippen LogP contribution is -1.99. The molecule has 0 radical (unpaired) electrons. The highest BCUT2D eigenvalue weighted by Crippen LogP contribution is 2.41. The van der Waals surface area contributed by atoms with Gasteiger partial charge in [-0.3, -0.25) is 0 Å². The lowest BCUT2D eigenvalue weighted by molar-refractivity contribution is 0.870. The summed E-state index contributed by atoms with van der Waals surface area (Å²) in [5.74, 6) is 1.45. The van der Waals surface area contributed by atoms with Crippen LogP contribution in [0.3, 0.4) is 0 Å². The molecule has 0 aromatic carbocycles. The van der Waals surface area contributed by atoms with E-state index in [9.17, 15) is 5.26 Å². The third-order valence-electron chi connectivity index (χ3n) is 3.39. The van der Waals surface area contributed by atoms with Gasteiger partial charge in [0.2, 0.25) is 0 Å². The van der Waals surface area contributed by atoms with E-state index in [1.807, 2.05) is 13.8 Å². The molecule has 1 aliphatic rings. The van der Waals surface area contributed by atoms with Gasteiger partial charge in [0.25, 0.3) is 0 Å². The number of thiazole rings is 1. The van der Waals surface area contributed by atoms with Gasteiger partial charge in [0.05, 0.1) is 22.0 Å². The molecule has 2 aromatic heterocycles. The summed E-state index contributed by atoms with van der Waals surface area (Å²) in [4.78, 5) is 4.65. The molecule has 0 aliphatic heterocycles. The monoisotopic (exact) mass is 302 g/mol. The van der Waals surface area contributed by atoms with Crippen molar-refractivity contribution in [2.24, 2.45) is 0 Å². The maximum atomic E-state index is 9.26. The van der Waals surface area contributed by atoms with Crippen molar-refractivity contribution in [3.05, 3.63) is 32.9 Å². The van der Waals surface area contributed by atoms with Crippen molar-refractivity contribution >= 4 is 23.1 Å². The molecule has 102 valence electrons. The Morgan fingerprint density at radius 2 is 2.20 bits per heavy atom. The summed E-state index contributed by atoms with van der Waals surface area (Å²) in [5, 5.41) is 21.6. The Morgan fingerprint density at radius 1 is 1.40 bits per heavy atom. The number of hydrogen-bond donors (Lipinski definition) is 0. The molecule has 1 aliphatic carbocycles. The van der Waals surface area contributed by atoms with Crippen molar-refractivity contribution in [1.82, 2.24) is 15.2 Å². The standard InChI is InChI=1S/C14H14N4S2/c1-8-9(2)17-18-14(12(8)5-15)20-7-11-6-19-13(16-11)10-3-4-10/h6,10H,3-4,7H2,1-2H3. The largest absolute Gasteiger partial charge is 0.245 e. The van der Waals surface area contributed by atoms with Crippen LogP contribution in [0.2, 0.25) is 0 Å². The Kier molecular flexibility index (Phi) is 3.72. The summed E-state index contributed by atoms with van der Waals surface area (Å²) in [6.45, 7) is 3.79. The van der Waals surface area contributed by atoms with Crippen LogP contribution < -0.4 is 0 Å². The van der Waals surface area contributed by atoms with Crippen LogP contribution in [0.15, 0.2) is 10.4 Å². The van der Waals surface area contributed by atoms with Gasteiger partial charge in [-0.2, -0.15) is 10.4 Å². The molecule has 0 amide bonds. The smallest absolute Gasteiger partial charge is 0.137 e. The second kappa shape index (κ2) is 5.51. The number of nitriles is 1. The number of rotatable bonds is 4. The average molecular weight is 302 g/mol. The van der Waals surface area contributed by atoms with E-state index in [0.29, 0.717) is 16.5 Å². The van der Waals surface area contributed by atoms with Crippen molar-refractivity contribution in [2.45, 2.75) is 43.4 Å². The molecule has 4 nitrogen and oxygen atoms in total. The van der Waals surface area contributed by atoms with Crippen LogP contribution in [0.4, 0.5) is 0 Å². The van der Waals surface area contributed by atoms with Crippen LogP contribution in [0.25, 0.3) is 0 Å². The van der Waals surface area contributed by atoms with Gasteiger partial charge in [0.1, 0.15) is 11.1 Å². The third-order valence-corrected chi connectivity index (χ3v) is 5.44. The second-order valence-electron chi connectivity index (χ2n) is 4.94. The zero-order chi connectivity index (χ0) is 14.1. The molecule has 0 N–H and O–H groups in total. The van der Waals surface area contributed by atoms with Crippen molar-refractivity contribution in [2.75, 3.05) is 0 Å². The lowest BCUT2D eigenvalue weighted by atomic mass is 10.1. The van der Waals surface area contributed by atoms with Crippen LogP contribution >= 0.6 is 23.1 Å². The van der Waals surface area contributed by atoms with Crippen LogP contribution in [-0.4, -0.2) is 15.2 Å². The zero-order valence-corrected chi connectivity index (χ0v) is 13.0. The van der Waals surface area contributed by atoms with Crippen LogP contribution in [-0.2, 0) is 5.75 Å². The zero-order valence-electron chi connectivity index (χ0n) is 11.4. The van der Waals surface area contributed by atoms with Crippen molar-refractivity contribution in [1.29, 1.82) is 5.26 Å². The van der Waals surface area contributed by atoms with Crippen molar-refractivity contribution in [3.63, 3.8) is 0 Å². The van der Waals surface area contributed by atoms with Gasteiger partial charge in [-0.25, -0.2) is 4.98 Å². The van der Waals surface area contributed by atoms with E-state index in [4.69, 9.17) is 0 Å². The molecule has 0 saturated heterocycles. The minimum absolute atomic E-state index is 0.639. The highest BCUT2D eigenvalue weighted by atomic mass is 32.2. The van der Waals surface area contributed by atoms with E-state index in [-0.39, 0.29) is 0 Å². The molecule has 20 heavy (non-hydrogen) atoms. The fraction of sp³-hybridized carbons (Fsp3) is 0.429. The van der Waals surface area contributed by atoms with Crippen molar-refractivity contribution in [3.8, 4) is 6.07 Å². The normalized spacial score (nSPS) is 14.2. The maximum absolute atomic E-state index is 9.26. The number of nitrogens with zero attached hydrogens (tertiary/aromatic N) is 4. The number of aryl methyl sites for hydroxylation is 1. The van der Waals surface area contributed by atoms with E-state index in [2.05, 4.69) is 26.6 Å². The summed E-state index contributed by atoms with van der Waals surface area (Å²) in [5.41, 5.74) is 3.45. The van der Waals surface area contributed by atoms with Gasteiger partial charge in [0, 0.05) is 17.1 Å². The molecule has 2 aromatic rings. The number of hydrogen-bond acceptors (Lipinski definition) is 6. The molecule has 2 heterocycles. The van der Waals surface area contributed by atoms with E-state index >= 15 is 0 Å². The quantitative estimate of drug-likeness (QED) is 0.808. The Morgan fingerprint density at radius 3 is 2.90 bits per heavy atom. The van der Waals surface area contributed by atoms with Crippen molar-refractivity contribution < 1.29 is 0 Å². The molecule has 0 bridgehead atoms. The van der Waals surface area contributed by atoms with E-state index in [1.165, 1.54) is 17.8 Å². The number of thioether (sulfide) groups is 1. The third kappa shape index (κ3) is 2.69. The molecule has 1 saturated carbocycles. The predicted molar refractivity (Wildman–Crippen MR) is 79.9 cm³/mol. The molecular formula is C14H14N4S2. The van der Waals surface area contributed by atoms with Crippen LogP contribution in [0.5, 0.6) is 0 Å². The van der Waals surface area contributed by atoms with Gasteiger partial charge >= 0.3 is 0 Å². The van der Waals surface area contributed by atoms with Crippen LogP contribution in [0.1, 0.15) is 46.3 Å². The summed E-state index contributed by atoms with van der Waals surface area (Å²) in [6, 6.07) is 2.23. The molecule has 3 rings (SSSR count). The molecule has 0 spiro atoms. The summed E-state index contributed by atoms with van der Waals surface area (Å²) >= 11 is 3.29. The van der Waals surface area contributed by atoms with E-state index in [0.717, 1.165) is 22.7 Å². The molecule has 0 atom stereocenters.